The first-order valence-electron chi connectivity index (χ1n) is 6.41. The fourth-order valence-corrected chi connectivity index (χ4v) is 2.61. The van der Waals surface area contributed by atoms with Crippen LogP contribution in [0.1, 0.15) is 33.1 Å². The molecule has 1 fully saturated rings. The number of methoxy groups -OCH3 is 1. The van der Waals surface area contributed by atoms with E-state index in [9.17, 15) is 4.79 Å². The lowest BCUT2D eigenvalue weighted by Gasteiger charge is -2.36. The molecule has 1 aliphatic rings. The minimum atomic E-state index is -0.449. The van der Waals surface area contributed by atoms with Crippen molar-refractivity contribution in [3.05, 3.63) is 0 Å². The van der Waals surface area contributed by atoms with Crippen molar-refractivity contribution >= 4 is 5.97 Å². The average molecular weight is 243 g/mol. The first-order valence-corrected chi connectivity index (χ1v) is 6.41. The minimum Gasteiger partial charge on any atom is -0.469 e. The molecule has 1 unspecified atom stereocenters. The maximum absolute atomic E-state index is 11.6. The number of carbonyl (C=O) groups is 1. The molecule has 0 aromatic rings. The topological polar surface area (TPSA) is 49.8 Å². The van der Waals surface area contributed by atoms with Crippen LogP contribution < -0.4 is 0 Å². The van der Waals surface area contributed by atoms with Crippen molar-refractivity contribution in [2.24, 2.45) is 11.3 Å². The van der Waals surface area contributed by atoms with Crippen molar-refractivity contribution in [1.82, 2.24) is 4.90 Å². The van der Waals surface area contributed by atoms with E-state index in [2.05, 4.69) is 4.90 Å². The second kappa shape index (κ2) is 6.36. The van der Waals surface area contributed by atoms with Gasteiger partial charge in [-0.15, -0.1) is 0 Å². The number of likely N-dealkylation sites (tertiary alicyclic amines) is 1. The number of carbonyl (C=O) groups excluding carboxylic acids is 1. The molecule has 0 aliphatic carbocycles. The third kappa shape index (κ3) is 4.28. The minimum absolute atomic E-state index is 0.151. The van der Waals surface area contributed by atoms with Gasteiger partial charge in [-0.3, -0.25) is 4.79 Å². The van der Waals surface area contributed by atoms with Gasteiger partial charge in [0.2, 0.25) is 0 Å². The molecule has 0 aromatic carbocycles. The third-order valence-electron chi connectivity index (χ3n) is 3.50. The number of aliphatic hydroxyl groups is 1. The maximum Gasteiger partial charge on any atom is 0.312 e. The van der Waals surface area contributed by atoms with E-state index in [1.165, 1.54) is 13.5 Å². The Balaban J connectivity index is 2.47. The first-order chi connectivity index (χ1) is 7.99. The molecule has 1 N–H and O–H groups in total. The number of esters is 1. The highest BCUT2D eigenvalue weighted by Crippen LogP contribution is 2.24. The van der Waals surface area contributed by atoms with Crippen LogP contribution in [0.3, 0.4) is 0 Å². The fraction of sp³-hybridized carbons (Fsp3) is 0.923. The molecule has 0 amide bonds. The lowest BCUT2D eigenvalue weighted by Crippen LogP contribution is -2.44. The van der Waals surface area contributed by atoms with E-state index in [-0.39, 0.29) is 12.6 Å². The molecule has 0 aromatic heterocycles. The molecule has 0 bridgehead atoms. The van der Waals surface area contributed by atoms with Crippen LogP contribution in [0, 0.1) is 11.3 Å². The molecule has 0 spiro atoms. The van der Waals surface area contributed by atoms with Gasteiger partial charge in [0.25, 0.3) is 0 Å². The Hall–Kier alpha value is -0.610. The van der Waals surface area contributed by atoms with Gasteiger partial charge in [-0.05, 0) is 45.6 Å². The summed E-state index contributed by atoms with van der Waals surface area (Å²) in [5, 5.41) is 8.97. The Bertz CT molecular complexity index is 251. The summed E-state index contributed by atoms with van der Waals surface area (Å²) in [5.74, 6) is 0.420. The molecule has 1 heterocycles. The van der Waals surface area contributed by atoms with Crippen molar-refractivity contribution in [2.75, 3.05) is 33.4 Å². The zero-order valence-corrected chi connectivity index (χ0v) is 11.2. The van der Waals surface area contributed by atoms with Crippen LogP contribution in [0.5, 0.6) is 0 Å². The monoisotopic (exact) mass is 243 g/mol. The molecule has 100 valence electrons. The largest absolute Gasteiger partial charge is 0.469 e. The molecule has 17 heavy (non-hydrogen) atoms. The predicted octanol–water partition coefficient (Wildman–Crippen LogP) is 1.28. The van der Waals surface area contributed by atoms with Gasteiger partial charge in [-0.2, -0.15) is 0 Å². The quantitative estimate of drug-likeness (QED) is 0.739. The van der Waals surface area contributed by atoms with Gasteiger partial charge in [0.1, 0.15) is 0 Å². The molecule has 0 radical (unpaired) electrons. The lowest BCUT2D eigenvalue weighted by atomic mass is 9.89. The van der Waals surface area contributed by atoms with Crippen LogP contribution in [0.25, 0.3) is 0 Å². The maximum atomic E-state index is 11.6. The molecule has 1 aliphatic heterocycles. The Kier molecular flexibility index (Phi) is 5.40. The van der Waals surface area contributed by atoms with E-state index >= 15 is 0 Å². The molecule has 1 rings (SSSR count). The second-order valence-corrected chi connectivity index (χ2v) is 5.63. The molecule has 0 saturated carbocycles. The van der Waals surface area contributed by atoms with Crippen LogP contribution in [0.15, 0.2) is 0 Å². The summed E-state index contributed by atoms with van der Waals surface area (Å²) in [6, 6.07) is 0. The van der Waals surface area contributed by atoms with Gasteiger partial charge < -0.3 is 14.7 Å². The highest BCUT2D eigenvalue weighted by Gasteiger charge is 2.32. The zero-order chi connectivity index (χ0) is 12.9. The van der Waals surface area contributed by atoms with Crippen molar-refractivity contribution in [1.29, 1.82) is 0 Å². The number of ether oxygens (including phenoxy) is 1. The number of piperidine rings is 1. The smallest absolute Gasteiger partial charge is 0.312 e. The van der Waals surface area contributed by atoms with E-state index in [0.717, 1.165) is 32.5 Å². The van der Waals surface area contributed by atoms with Gasteiger partial charge in [-0.1, -0.05) is 0 Å². The number of nitrogens with zero attached hydrogens (tertiary/aromatic N) is 1. The van der Waals surface area contributed by atoms with E-state index in [1.807, 2.05) is 13.8 Å². The van der Waals surface area contributed by atoms with Gasteiger partial charge in [0, 0.05) is 19.7 Å². The zero-order valence-electron chi connectivity index (χ0n) is 11.2. The summed E-state index contributed by atoms with van der Waals surface area (Å²) < 4.78 is 4.83. The molecule has 4 nitrogen and oxygen atoms in total. The van der Waals surface area contributed by atoms with Crippen molar-refractivity contribution in [3.8, 4) is 0 Å². The average Bonchev–Trinajstić information content (AvgIpc) is 2.28. The summed E-state index contributed by atoms with van der Waals surface area (Å²) >= 11 is 0. The fourth-order valence-electron chi connectivity index (χ4n) is 2.61. The Labute approximate surface area is 104 Å². The van der Waals surface area contributed by atoms with Crippen LogP contribution >= 0.6 is 0 Å². The van der Waals surface area contributed by atoms with Gasteiger partial charge in [-0.25, -0.2) is 0 Å². The van der Waals surface area contributed by atoms with Crippen LogP contribution in [-0.2, 0) is 9.53 Å². The number of aliphatic hydroxyl groups excluding tert-OH is 1. The SMILES string of the molecule is COC(=O)C(C)(C)CN1CCCC(CCO)C1. The van der Waals surface area contributed by atoms with Crippen LogP contribution in [0.4, 0.5) is 0 Å². The third-order valence-corrected chi connectivity index (χ3v) is 3.50. The summed E-state index contributed by atoms with van der Waals surface area (Å²) in [6.45, 7) is 6.88. The molecular weight excluding hydrogens is 218 g/mol. The lowest BCUT2D eigenvalue weighted by molar-refractivity contribution is -0.152. The summed E-state index contributed by atoms with van der Waals surface area (Å²) in [4.78, 5) is 13.9. The summed E-state index contributed by atoms with van der Waals surface area (Å²) in [6.07, 6.45) is 3.22. The van der Waals surface area contributed by atoms with Crippen LogP contribution in [-0.4, -0.2) is 49.3 Å². The van der Waals surface area contributed by atoms with Crippen LogP contribution in [0.2, 0.25) is 0 Å². The second-order valence-electron chi connectivity index (χ2n) is 5.63. The van der Waals surface area contributed by atoms with E-state index < -0.39 is 5.41 Å². The van der Waals surface area contributed by atoms with E-state index in [4.69, 9.17) is 9.84 Å². The number of hydrogen-bond acceptors (Lipinski definition) is 4. The molecule has 1 atom stereocenters. The van der Waals surface area contributed by atoms with Gasteiger partial charge in [0.15, 0.2) is 0 Å². The first kappa shape index (κ1) is 14.5. The predicted molar refractivity (Wildman–Crippen MR) is 66.7 cm³/mol. The number of rotatable bonds is 5. The Morgan fingerprint density at radius 3 is 2.82 bits per heavy atom. The number of hydrogen-bond donors (Lipinski definition) is 1. The Morgan fingerprint density at radius 2 is 2.24 bits per heavy atom. The highest BCUT2D eigenvalue weighted by molar-refractivity contribution is 5.76. The summed E-state index contributed by atoms with van der Waals surface area (Å²) in [5.41, 5.74) is -0.449. The Morgan fingerprint density at radius 1 is 1.53 bits per heavy atom. The van der Waals surface area contributed by atoms with E-state index in [0.29, 0.717) is 5.92 Å². The normalized spacial score (nSPS) is 22.5. The molecular formula is C13H25NO3. The van der Waals surface area contributed by atoms with Crippen molar-refractivity contribution < 1.29 is 14.6 Å². The molecule has 4 heteroatoms. The van der Waals surface area contributed by atoms with Crippen molar-refractivity contribution in [3.63, 3.8) is 0 Å². The van der Waals surface area contributed by atoms with Gasteiger partial charge in [0.05, 0.1) is 12.5 Å². The van der Waals surface area contributed by atoms with E-state index in [1.54, 1.807) is 0 Å². The summed E-state index contributed by atoms with van der Waals surface area (Å²) in [7, 11) is 1.44. The molecule has 1 saturated heterocycles. The van der Waals surface area contributed by atoms with Crippen molar-refractivity contribution in [2.45, 2.75) is 33.1 Å². The van der Waals surface area contributed by atoms with Gasteiger partial charge >= 0.3 is 5.97 Å². The standard InChI is InChI=1S/C13H25NO3/c1-13(2,12(16)17-3)10-14-7-4-5-11(9-14)6-8-15/h11,15H,4-10H2,1-3H3. The highest BCUT2D eigenvalue weighted by atomic mass is 16.5.